The molecule has 0 aliphatic carbocycles. The van der Waals surface area contributed by atoms with Gasteiger partial charge in [-0.3, -0.25) is 14.5 Å². The number of benzene rings is 2. The van der Waals surface area contributed by atoms with Crippen LogP contribution in [0.2, 0.25) is 0 Å². The topological polar surface area (TPSA) is 80.2 Å². The first-order chi connectivity index (χ1) is 14.5. The Morgan fingerprint density at radius 2 is 1.83 bits per heavy atom. The lowest BCUT2D eigenvalue weighted by molar-refractivity contribution is -0.128. The SMILES string of the molecule is CCOc1ccc(N=C2S[C@H](C(=O)Nc3cccc(OCC)c3)CC(=O)N2C)cc1. The third-order valence-corrected chi connectivity index (χ3v) is 5.59. The maximum Gasteiger partial charge on any atom is 0.238 e. The predicted octanol–water partition coefficient (Wildman–Crippen LogP) is 4.07. The van der Waals surface area contributed by atoms with Crippen LogP contribution in [-0.4, -0.2) is 47.4 Å². The molecule has 158 valence electrons. The van der Waals surface area contributed by atoms with Crippen molar-refractivity contribution in [3.05, 3.63) is 48.5 Å². The fraction of sp³-hybridized carbons (Fsp3) is 0.318. The molecule has 2 aromatic carbocycles. The third kappa shape index (κ3) is 5.54. The van der Waals surface area contributed by atoms with E-state index in [-0.39, 0.29) is 18.2 Å². The molecule has 3 rings (SSSR count). The molecular formula is C22H25N3O4S. The number of thioether (sulfide) groups is 1. The molecule has 1 fully saturated rings. The number of aliphatic imine (C=N–C) groups is 1. The van der Waals surface area contributed by atoms with Crippen molar-refractivity contribution in [2.45, 2.75) is 25.5 Å². The van der Waals surface area contributed by atoms with E-state index < -0.39 is 5.25 Å². The molecule has 0 bridgehead atoms. The average Bonchev–Trinajstić information content (AvgIpc) is 2.73. The fourth-order valence-electron chi connectivity index (χ4n) is 2.84. The van der Waals surface area contributed by atoms with Crippen molar-refractivity contribution in [2.75, 3.05) is 25.6 Å². The first-order valence-electron chi connectivity index (χ1n) is 9.78. The highest BCUT2D eigenvalue weighted by Crippen LogP contribution is 2.30. The quantitative estimate of drug-likeness (QED) is 0.720. The maximum absolute atomic E-state index is 12.8. The number of nitrogens with one attached hydrogen (secondary N) is 1. The van der Waals surface area contributed by atoms with Crippen LogP contribution < -0.4 is 14.8 Å². The Hall–Kier alpha value is -3.00. The number of rotatable bonds is 7. The van der Waals surface area contributed by atoms with E-state index in [1.165, 1.54) is 16.7 Å². The molecule has 0 saturated carbocycles. The Labute approximate surface area is 180 Å². The number of amides is 2. The molecular weight excluding hydrogens is 402 g/mol. The van der Waals surface area contributed by atoms with Gasteiger partial charge in [0.25, 0.3) is 0 Å². The van der Waals surface area contributed by atoms with Crippen molar-refractivity contribution in [1.82, 2.24) is 4.90 Å². The van der Waals surface area contributed by atoms with Gasteiger partial charge in [-0.2, -0.15) is 0 Å². The maximum atomic E-state index is 12.8. The number of nitrogens with zero attached hydrogens (tertiary/aromatic N) is 2. The van der Waals surface area contributed by atoms with Gasteiger partial charge in [0.15, 0.2) is 5.17 Å². The Balaban J connectivity index is 1.72. The molecule has 1 saturated heterocycles. The van der Waals surface area contributed by atoms with Gasteiger partial charge in [-0.1, -0.05) is 17.8 Å². The molecule has 1 aliphatic rings. The van der Waals surface area contributed by atoms with Crippen molar-refractivity contribution in [2.24, 2.45) is 4.99 Å². The van der Waals surface area contributed by atoms with Gasteiger partial charge in [-0.05, 0) is 50.2 Å². The molecule has 0 unspecified atom stereocenters. The van der Waals surface area contributed by atoms with Crippen molar-refractivity contribution in [3.8, 4) is 11.5 Å². The summed E-state index contributed by atoms with van der Waals surface area (Å²) in [7, 11) is 1.67. The first-order valence-corrected chi connectivity index (χ1v) is 10.7. The largest absolute Gasteiger partial charge is 0.494 e. The van der Waals surface area contributed by atoms with Crippen LogP contribution in [0.15, 0.2) is 53.5 Å². The molecule has 2 amide bonds. The van der Waals surface area contributed by atoms with E-state index in [9.17, 15) is 9.59 Å². The Morgan fingerprint density at radius 3 is 2.53 bits per heavy atom. The van der Waals surface area contributed by atoms with E-state index >= 15 is 0 Å². The van der Waals surface area contributed by atoms with E-state index in [0.717, 1.165) is 5.75 Å². The van der Waals surface area contributed by atoms with Crippen LogP contribution in [0.4, 0.5) is 11.4 Å². The van der Waals surface area contributed by atoms with E-state index in [4.69, 9.17) is 9.47 Å². The van der Waals surface area contributed by atoms with Crippen LogP contribution in [-0.2, 0) is 9.59 Å². The second kappa shape index (κ2) is 10.2. The minimum absolute atomic E-state index is 0.112. The van der Waals surface area contributed by atoms with Crippen LogP contribution in [0.5, 0.6) is 11.5 Å². The lowest BCUT2D eigenvalue weighted by Gasteiger charge is -2.28. The number of hydrogen-bond acceptors (Lipinski definition) is 6. The lowest BCUT2D eigenvalue weighted by atomic mass is 10.2. The van der Waals surface area contributed by atoms with Crippen LogP contribution in [0.25, 0.3) is 0 Å². The second-order valence-corrected chi connectivity index (χ2v) is 7.70. The molecule has 1 aliphatic heterocycles. The van der Waals surface area contributed by atoms with E-state index in [2.05, 4.69) is 10.3 Å². The molecule has 0 aromatic heterocycles. The molecule has 7 nitrogen and oxygen atoms in total. The molecule has 8 heteroatoms. The Bertz CT molecular complexity index is 930. The van der Waals surface area contributed by atoms with Crippen molar-refractivity contribution in [3.63, 3.8) is 0 Å². The fourth-order valence-corrected chi connectivity index (χ4v) is 3.91. The molecule has 1 heterocycles. The average molecular weight is 428 g/mol. The highest BCUT2D eigenvalue weighted by atomic mass is 32.2. The summed E-state index contributed by atoms with van der Waals surface area (Å²) in [4.78, 5) is 31.3. The molecule has 1 N–H and O–H groups in total. The molecule has 0 spiro atoms. The van der Waals surface area contributed by atoms with Gasteiger partial charge in [0.1, 0.15) is 16.7 Å². The third-order valence-electron chi connectivity index (χ3n) is 4.35. The van der Waals surface area contributed by atoms with Crippen molar-refractivity contribution >= 4 is 40.1 Å². The number of anilines is 1. The normalized spacial score (nSPS) is 17.7. The van der Waals surface area contributed by atoms with E-state index in [1.54, 1.807) is 19.2 Å². The summed E-state index contributed by atoms with van der Waals surface area (Å²) in [5, 5.41) is 2.79. The van der Waals surface area contributed by atoms with Crippen LogP contribution in [0.3, 0.4) is 0 Å². The van der Waals surface area contributed by atoms with Gasteiger partial charge >= 0.3 is 0 Å². The number of carbonyl (C=O) groups is 2. The van der Waals surface area contributed by atoms with Gasteiger partial charge < -0.3 is 14.8 Å². The standard InChI is InChI=1S/C22H25N3O4S/c1-4-28-17-11-9-15(10-12-17)24-22-25(3)20(26)14-19(30-22)21(27)23-16-7-6-8-18(13-16)29-5-2/h6-13,19H,4-5,14H2,1-3H3,(H,23,27)/t19-/m0/s1. The minimum Gasteiger partial charge on any atom is -0.494 e. The Kier molecular flexibility index (Phi) is 7.35. The van der Waals surface area contributed by atoms with E-state index in [1.807, 2.05) is 50.2 Å². The summed E-state index contributed by atoms with van der Waals surface area (Å²) >= 11 is 1.27. The summed E-state index contributed by atoms with van der Waals surface area (Å²) in [6.45, 7) is 4.95. The van der Waals surface area contributed by atoms with Crippen LogP contribution in [0.1, 0.15) is 20.3 Å². The zero-order chi connectivity index (χ0) is 21.5. The molecule has 2 aromatic rings. The summed E-state index contributed by atoms with van der Waals surface area (Å²) in [6, 6.07) is 14.5. The monoisotopic (exact) mass is 427 g/mol. The van der Waals surface area contributed by atoms with Gasteiger partial charge in [-0.15, -0.1) is 0 Å². The summed E-state index contributed by atoms with van der Waals surface area (Å²) < 4.78 is 10.9. The number of ether oxygens (including phenoxy) is 2. The summed E-state index contributed by atoms with van der Waals surface area (Å²) in [6.07, 6.45) is 0.112. The Morgan fingerprint density at radius 1 is 1.13 bits per heavy atom. The van der Waals surface area contributed by atoms with Crippen molar-refractivity contribution < 1.29 is 19.1 Å². The second-order valence-electron chi connectivity index (χ2n) is 6.53. The highest BCUT2D eigenvalue weighted by Gasteiger charge is 2.34. The van der Waals surface area contributed by atoms with Gasteiger partial charge in [-0.25, -0.2) is 4.99 Å². The number of amidine groups is 1. The first kappa shape index (κ1) is 21.7. The zero-order valence-corrected chi connectivity index (χ0v) is 18.1. The summed E-state index contributed by atoms with van der Waals surface area (Å²) in [5.74, 6) is 1.05. The number of carbonyl (C=O) groups excluding carboxylic acids is 2. The van der Waals surface area contributed by atoms with E-state index in [0.29, 0.717) is 35.5 Å². The minimum atomic E-state index is -0.564. The van der Waals surface area contributed by atoms with Crippen molar-refractivity contribution in [1.29, 1.82) is 0 Å². The number of hydrogen-bond donors (Lipinski definition) is 1. The van der Waals surface area contributed by atoms with Gasteiger partial charge in [0, 0.05) is 25.2 Å². The lowest BCUT2D eigenvalue weighted by Crippen LogP contribution is -2.43. The predicted molar refractivity (Wildman–Crippen MR) is 120 cm³/mol. The van der Waals surface area contributed by atoms with Gasteiger partial charge in [0.05, 0.1) is 18.9 Å². The van der Waals surface area contributed by atoms with Crippen LogP contribution in [0, 0.1) is 0 Å². The highest BCUT2D eigenvalue weighted by molar-refractivity contribution is 8.15. The van der Waals surface area contributed by atoms with Gasteiger partial charge in [0.2, 0.25) is 11.8 Å². The molecule has 0 radical (unpaired) electrons. The smallest absolute Gasteiger partial charge is 0.238 e. The molecule has 1 atom stereocenters. The molecule has 30 heavy (non-hydrogen) atoms. The zero-order valence-electron chi connectivity index (χ0n) is 17.3. The summed E-state index contributed by atoms with van der Waals surface area (Å²) in [5.41, 5.74) is 1.31. The van der Waals surface area contributed by atoms with Crippen LogP contribution >= 0.6 is 11.8 Å².